The van der Waals surface area contributed by atoms with Crippen LogP contribution in [0.3, 0.4) is 0 Å². The zero-order chi connectivity index (χ0) is 15.4. The van der Waals surface area contributed by atoms with E-state index in [1.54, 1.807) is 20.3 Å². The minimum Gasteiger partial charge on any atom is -0.497 e. The number of nitrogens with one attached hydrogen (secondary N) is 1. The first-order valence-corrected chi connectivity index (χ1v) is 6.89. The van der Waals surface area contributed by atoms with Crippen LogP contribution in [0, 0.1) is 0 Å². The summed E-state index contributed by atoms with van der Waals surface area (Å²) in [6, 6.07) is 5.49. The molecule has 1 rings (SSSR count). The predicted octanol–water partition coefficient (Wildman–Crippen LogP) is 2.69. The van der Waals surface area contributed by atoms with E-state index in [4.69, 9.17) is 9.47 Å². The van der Waals surface area contributed by atoms with E-state index in [1.807, 2.05) is 19.1 Å². The number of methoxy groups -OCH3 is 2. The molecule has 2 N–H and O–H groups in total. The second-order valence-electron chi connectivity index (χ2n) is 6.27. The Hall–Kier alpha value is -1.26. The molecular weight excluding hydrogens is 254 g/mol. The van der Waals surface area contributed by atoms with Crippen LogP contribution >= 0.6 is 0 Å². The van der Waals surface area contributed by atoms with E-state index in [9.17, 15) is 5.11 Å². The third-order valence-electron chi connectivity index (χ3n) is 3.26. The monoisotopic (exact) mass is 281 g/mol. The van der Waals surface area contributed by atoms with Gasteiger partial charge in [-0.1, -0.05) is 0 Å². The van der Waals surface area contributed by atoms with Crippen LogP contribution in [-0.2, 0) is 5.60 Å². The second kappa shape index (κ2) is 6.46. The normalized spacial score (nSPS) is 14.8. The molecule has 20 heavy (non-hydrogen) atoms. The lowest BCUT2D eigenvalue weighted by Gasteiger charge is -2.28. The lowest BCUT2D eigenvalue weighted by atomic mass is 9.91. The van der Waals surface area contributed by atoms with Gasteiger partial charge in [0.1, 0.15) is 11.5 Å². The Kier molecular flexibility index (Phi) is 5.42. The van der Waals surface area contributed by atoms with Gasteiger partial charge in [0, 0.05) is 17.2 Å². The Morgan fingerprint density at radius 3 is 2.25 bits per heavy atom. The molecule has 0 spiro atoms. The van der Waals surface area contributed by atoms with Crippen molar-refractivity contribution in [3.63, 3.8) is 0 Å². The average molecular weight is 281 g/mol. The fourth-order valence-electron chi connectivity index (χ4n) is 2.06. The average Bonchev–Trinajstić information content (AvgIpc) is 2.36. The first-order valence-electron chi connectivity index (χ1n) is 6.89. The van der Waals surface area contributed by atoms with Gasteiger partial charge in [-0.05, 0) is 52.8 Å². The summed E-state index contributed by atoms with van der Waals surface area (Å²) in [5.41, 5.74) is -0.132. The molecule has 0 aliphatic carbocycles. The molecule has 4 nitrogen and oxygen atoms in total. The number of hydrogen-bond acceptors (Lipinski definition) is 4. The minimum absolute atomic E-state index is 0.0417. The highest BCUT2D eigenvalue weighted by atomic mass is 16.5. The van der Waals surface area contributed by atoms with Gasteiger partial charge in [-0.2, -0.15) is 0 Å². The van der Waals surface area contributed by atoms with Crippen LogP contribution in [0.1, 0.15) is 39.7 Å². The Balaban J connectivity index is 2.85. The lowest BCUT2D eigenvalue weighted by Crippen LogP contribution is -2.39. The molecule has 1 aromatic rings. The summed E-state index contributed by atoms with van der Waals surface area (Å²) in [6.07, 6.45) is 0.604. The molecule has 0 saturated heterocycles. The largest absolute Gasteiger partial charge is 0.497 e. The Morgan fingerprint density at radius 2 is 1.75 bits per heavy atom. The molecule has 0 amide bonds. The van der Waals surface area contributed by atoms with E-state index in [2.05, 4.69) is 26.1 Å². The van der Waals surface area contributed by atoms with Crippen molar-refractivity contribution in [1.82, 2.24) is 5.32 Å². The molecular formula is C16H27NO3. The van der Waals surface area contributed by atoms with Gasteiger partial charge in [0.2, 0.25) is 0 Å². The topological polar surface area (TPSA) is 50.7 Å². The van der Waals surface area contributed by atoms with E-state index in [1.165, 1.54) is 0 Å². The number of hydrogen-bond donors (Lipinski definition) is 2. The van der Waals surface area contributed by atoms with Gasteiger partial charge >= 0.3 is 0 Å². The minimum atomic E-state index is -0.949. The molecule has 0 aromatic heterocycles. The van der Waals surface area contributed by atoms with Crippen LogP contribution in [0.15, 0.2) is 18.2 Å². The summed E-state index contributed by atoms with van der Waals surface area (Å²) in [5.74, 6) is 1.36. The van der Waals surface area contributed by atoms with E-state index >= 15 is 0 Å². The number of benzene rings is 1. The van der Waals surface area contributed by atoms with Crippen molar-refractivity contribution in [3.05, 3.63) is 23.8 Å². The van der Waals surface area contributed by atoms with E-state index in [0.29, 0.717) is 17.9 Å². The number of aliphatic hydroxyl groups is 1. The fraction of sp³-hybridized carbons (Fsp3) is 0.625. The van der Waals surface area contributed by atoms with Crippen LogP contribution in [0.4, 0.5) is 0 Å². The first-order chi connectivity index (χ1) is 9.19. The van der Waals surface area contributed by atoms with Crippen molar-refractivity contribution in [2.75, 3.05) is 20.8 Å². The zero-order valence-corrected chi connectivity index (χ0v) is 13.4. The zero-order valence-electron chi connectivity index (χ0n) is 13.4. The van der Waals surface area contributed by atoms with Gasteiger partial charge in [-0.15, -0.1) is 0 Å². The van der Waals surface area contributed by atoms with Gasteiger partial charge < -0.3 is 19.9 Å². The van der Waals surface area contributed by atoms with Crippen LogP contribution in [0.25, 0.3) is 0 Å². The third-order valence-corrected chi connectivity index (χ3v) is 3.26. The number of rotatable bonds is 6. The van der Waals surface area contributed by atoms with Gasteiger partial charge in [0.15, 0.2) is 0 Å². The maximum absolute atomic E-state index is 10.7. The Labute approximate surface area is 122 Å². The highest BCUT2D eigenvalue weighted by molar-refractivity contribution is 5.43. The van der Waals surface area contributed by atoms with Gasteiger partial charge in [-0.25, -0.2) is 0 Å². The molecule has 1 aromatic carbocycles. The summed E-state index contributed by atoms with van der Waals surface area (Å²) in [6.45, 7) is 8.86. The van der Waals surface area contributed by atoms with E-state index < -0.39 is 5.60 Å². The van der Waals surface area contributed by atoms with Gasteiger partial charge in [-0.3, -0.25) is 0 Å². The molecule has 0 saturated carbocycles. The molecule has 0 aliphatic heterocycles. The molecule has 0 bridgehead atoms. The second-order valence-corrected chi connectivity index (χ2v) is 6.27. The van der Waals surface area contributed by atoms with Crippen molar-refractivity contribution in [3.8, 4) is 11.5 Å². The molecule has 4 heteroatoms. The molecule has 1 atom stereocenters. The van der Waals surface area contributed by atoms with Gasteiger partial charge in [0.25, 0.3) is 0 Å². The summed E-state index contributed by atoms with van der Waals surface area (Å²) >= 11 is 0. The smallest absolute Gasteiger partial charge is 0.128 e. The van der Waals surface area contributed by atoms with Crippen molar-refractivity contribution >= 4 is 0 Å². The highest BCUT2D eigenvalue weighted by Gasteiger charge is 2.27. The Morgan fingerprint density at radius 1 is 1.10 bits per heavy atom. The van der Waals surface area contributed by atoms with E-state index in [-0.39, 0.29) is 5.54 Å². The SMILES string of the molecule is COc1ccc(C(C)(O)CCNC(C)(C)C)c(OC)c1. The summed E-state index contributed by atoms with van der Waals surface area (Å²) in [5, 5.41) is 14.1. The summed E-state index contributed by atoms with van der Waals surface area (Å²) in [4.78, 5) is 0. The molecule has 0 radical (unpaired) electrons. The van der Waals surface area contributed by atoms with Crippen LogP contribution in [0.5, 0.6) is 11.5 Å². The van der Waals surface area contributed by atoms with Crippen molar-refractivity contribution in [2.24, 2.45) is 0 Å². The predicted molar refractivity (Wildman–Crippen MR) is 81.5 cm³/mol. The van der Waals surface area contributed by atoms with Gasteiger partial charge in [0.05, 0.1) is 19.8 Å². The molecule has 0 fully saturated rings. The summed E-state index contributed by atoms with van der Waals surface area (Å²) < 4.78 is 10.5. The van der Waals surface area contributed by atoms with E-state index in [0.717, 1.165) is 12.1 Å². The van der Waals surface area contributed by atoms with Crippen molar-refractivity contribution in [1.29, 1.82) is 0 Å². The van der Waals surface area contributed by atoms with Crippen molar-refractivity contribution in [2.45, 2.75) is 45.3 Å². The fourth-order valence-corrected chi connectivity index (χ4v) is 2.06. The quantitative estimate of drug-likeness (QED) is 0.842. The maximum atomic E-state index is 10.7. The summed E-state index contributed by atoms with van der Waals surface area (Å²) in [7, 11) is 3.21. The lowest BCUT2D eigenvalue weighted by molar-refractivity contribution is 0.0438. The highest BCUT2D eigenvalue weighted by Crippen LogP contribution is 2.34. The standard InChI is InChI=1S/C16H27NO3/c1-15(2,3)17-10-9-16(4,18)13-8-7-12(19-5)11-14(13)20-6/h7-8,11,17-18H,9-10H2,1-6H3. The molecule has 114 valence electrons. The Bertz CT molecular complexity index is 436. The van der Waals surface area contributed by atoms with Crippen molar-refractivity contribution < 1.29 is 14.6 Å². The molecule has 1 unspecified atom stereocenters. The molecule has 0 aliphatic rings. The molecule has 0 heterocycles. The van der Waals surface area contributed by atoms with Crippen LogP contribution in [-0.4, -0.2) is 31.4 Å². The third kappa shape index (κ3) is 4.69. The van der Waals surface area contributed by atoms with Crippen LogP contribution in [0.2, 0.25) is 0 Å². The first kappa shape index (κ1) is 16.8. The maximum Gasteiger partial charge on any atom is 0.128 e. The number of ether oxygens (including phenoxy) is 2. The van der Waals surface area contributed by atoms with Crippen LogP contribution < -0.4 is 14.8 Å².